The van der Waals surface area contributed by atoms with Gasteiger partial charge in [0.25, 0.3) is 10.0 Å². The van der Waals surface area contributed by atoms with Gasteiger partial charge in [-0.1, -0.05) is 0 Å². The van der Waals surface area contributed by atoms with E-state index in [0.29, 0.717) is 10.0 Å². The van der Waals surface area contributed by atoms with Gasteiger partial charge in [0, 0.05) is 16.4 Å². The number of hydrogen-bond donors (Lipinski definition) is 2. The number of pyridine rings is 1. The average Bonchev–Trinajstić information content (AvgIpc) is 2.36. The SMILES string of the molecule is Cc1cc(F)c(S(=O)(=O)Nc2ccc(Br)cn2)cc1N. The van der Waals surface area contributed by atoms with Gasteiger partial charge in [0.1, 0.15) is 16.5 Å². The van der Waals surface area contributed by atoms with Crippen LogP contribution in [0.5, 0.6) is 0 Å². The van der Waals surface area contributed by atoms with Crippen LogP contribution in [0.25, 0.3) is 0 Å². The van der Waals surface area contributed by atoms with Crippen molar-refractivity contribution in [1.82, 2.24) is 4.98 Å². The number of nitrogen functional groups attached to an aromatic ring is 1. The molecule has 2 aromatic rings. The largest absolute Gasteiger partial charge is 0.398 e. The molecule has 0 amide bonds. The maximum Gasteiger partial charge on any atom is 0.266 e. The second-order valence-corrected chi connectivity index (χ2v) is 6.67. The van der Waals surface area contributed by atoms with Crippen molar-refractivity contribution < 1.29 is 12.8 Å². The highest BCUT2D eigenvalue weighted by Crippen LogP contribution is 2.23. The van der Waals surface area contributed by atoms with E-state index in [1.807, 2.05) is 0 Å². The van der Waals surface area contributed by atoms with Gasteiger partial charge in [0.05, 0.1) is 0 Å². The fraction of sp³-hybridized carbons (Fsp3) is 0.0833. The van der Waals surface area contributed by atoms with E-state index in [2.05, 4.69) is 25.6 Å². The van der Waals surface area contributed by atoms with Crippen molar-refractivity contribution in [2.24, 2.45) is 0 Å². The monoisotopic (exact) mass is 359 g/mol. The summed E-state index contributed by atoms with van der Waals surface area (Å²) >= 11 is 3.18. The second-order valence-electron chi connectivity index (χ2n) is 4.11. The molecule has 0 aliphatic heterocycles. The average molecular weight is 360 g/mol. The second kappa shape index (κ2) is 5.37. The Hall–Kier alpha value is -1.67. The molecule has 0 saturated heterocycles. The molecule has 0 atom stereocenters. The van der Waals surface area contributed by atoms with Gasteiger partial charge in [-0.3, -0.25) is 4.72 Å². The van der Waals surface area contributed by atoms with Crippen molar-refractivity contribution in [1.29, 1.82) is 0 Å². The predicted octanol–water partition coefficient (Wildman–Crippen LogP) is 2.67. The fourth-order valence-electron chi connectivity index (χ4n) is 1.50. The molecule has 0 saturated carbocycles. The lowest BCUT2D eigenvalue weighted by molar-refractivity contribution is 0.570. The van der Waals surface area contributed by atoms with Crippen LogP contribution >= 0.6 is 15.9 Å². The highest BCUT2D eigenvalue weighted by atomic mass is 79.9. The van der Waals surface area contributed by atoms with Crippen molar-refractivity contribution in [2.75, 3.05) is 10.5 Å². The number of nitrogens with one attached hydrogen (secondary N) is 1. The minimum Gasteiger partial charge on any atom is -0.398 e. The zero-order valence-electron chi connectivity index (χ0n) is 10.4. The molecule has 1 aromatic heterocycles. The van der Waals surface area contributed by atoms with Gasteiger partial charge in [-0.05, 0) is 52.7 Å². The van der Waals surface area contributed by atoms with E-state index in [1.54, 1.807) is 13.0 Å². The maximum absolute atomic E-state index is 13.8. The van der Waals surface area contributed by atoms with Crippen LogP contribution in [0.4, 0.5) is 15.9 Å². The topological polar surface area (TPSA) is 85.1 Å². The highest BCUT2D eigenvalue weighted by Gasteiger charge is 2.21. The molecule has 3 N–H and O–H groups in total. The number of aryl methyl sites for hydroxylation is 1. The molecule has 0 bridgehead atoms. The van der Waals surface area contributed by atoms with E-state index < -0.39 is 20.7 Å². The molecule has 0 fully saturated rings. The molecule has 0 radical (unpaired) electrons. The van der Waals surface area contributed by atoms with Gasteiger partial charge in [0.15, 0.2) is 0 Å². The van der Waals surface area contributed by atoms with Gasteiger partial charge in [-0.25, -0.2) is 17.8 Å². The van der Waals surface area contributed by atoms with Crippen molar-refractivity contribution in [3.05, 3.63) is 46.3 Å². The van der Waals surface area contributed by atoms with Crippen molar-refractivity contribution in [3.63, 3.8) is 0 Å². The lowest BCUT2D eigenvalue weighted by atomic mass is 10.2. The summed E-state index contributed by atoms with van der Waals surface area (Å²) in [7, 11) is -4.08. The summed E-state index contributed by atoms with van der Waals surface area (Å²) in [6.45, 7) is 1.60. The molecular weight excluding hydrogens is 349 g/mol. The summed E-state index contributed by atoms with van der Waals surface area (Å²) in [6.07, 6.45) is 1.43. The van der Waals surface area contributed by atoms with Crippen LogP contribution < -0.4 is 10.5 Å². The summed E-state index contributed by atoms with van der Waals surface area (Å²) < 4.78 is 40.9. The number of aromatic nitrogens is 1. The van der Waals surface area contributed by atoms with E-state index >= 15 is 0 Å². The van der Waals surface area contributed by atoms with E-state index in [-0.39, 0.29) is 11.5 Å². The number of hydrogen-bond acceptors (Lipinski definition) is 4. The molecule has 0 aliphatic rings. The predicted molar refractivity (Wildman–Crippen MR) is 78.3 cm³/mol. The van der Waals surface area contributed by atoms with E-state index in [4.69, 9.17) is 5.73 Å². The number of sulfonamides is 1. The smallest absolute Gasteiger partial charge is 0.266 e. The Bertz CT molecular complexity index is 748. The summed E-state index contributed by atoms with van der Waals surface area (Å²) in [5.74, 6) is -0.770. The van der Waals surface area contributed by atoms with E-state index in [0.717, 1.165) is 12.1 Å². The lowest BCUT2D eigenvalue weighted by Crippen LogP contribution is -2.16. The first-order valence-corrected chi connectivity index (χ1v) is 7.77. The highest BCUT2D eigenvalue weighted by molar-refractivity contribution is 9.10. The van der Waals surface area contributed by atoms with Crippen molar-refractivity contribution >= 4 is 37.5 Å². The van der Waals surface area contributed by atoms with Crippen LogP contribution in [0.3, 0.4) is 0 Å². The van der Waals surface area contributed by atoms with Crippen LogP contribution in [0.2, 0.25) is 0 Å². The van der Waals surface area contributed by atoms with Crippen LogP contribution in [0.1, 0.15) is 5.56 Å². The molecule has 2 rings (SSSR count). The van der Waals surface area contributed by atoms with Crippen molar-refractivity contribution in [2.45, 2.75) is 11.8 Å². The first kappa shape index (κ1) is 14.7. The molecule has 0 aliphatic carbocycles. The summed E-state index contributed by atoms with van der Waals surface area (Å²) in [4.78, 5) is 3.36. The van der Waals surface area contributed by atoms with Gasteiger partial charge in [-0.15, -0.1) is 0 Å². The minimum atomic E-state index is -4.08. The van der Waals surface area contributed by atoms with Crippen LogP contribution in [0, 0.1) is 12.7 Å². The lowest BCUT2D eigenvalue weighted by Gasteiger charge is -2.10. The quantitative estimate of drug-likeness (QED) is 0.825. The number of nitrogens with two attached hydrogens (primary N) is 1. The number of anilines is 2. The van der Waals surface area contributed by atoms with E-state index in [9.17, 15) is 12.8 Å². The minimum absolute atomic E-state index is 0.0896. The van der Waals surface area contributed by atoms with Crippen molar-refractivity contribution in [3.8, 4) is 0 Å². The summed E-state index contributed by atoms with van der Waals surface area (Å²) in [5.41, 5.74) is 6.30. The number of rotatable bonds is 3. The van der Waals surface area contributed by atoms with Gasteiger partial charge >= 0.3 is 0 Å². The zero-order chi connectivity index (χ0) is 14.9. The summed E-state index contributed by atoms with van der Waals surface area (Å²) in [5, 5.41) is 0. The third-order valence-electron chi connectivity index (χ3n) is 2.58. The molecule has 5 nitrogen and oxygen atoms in total. The van der Waals surface area contributed by atoms with Gasteiger partial charge in [0.2, 0.25) is 0 Å². The third kappa shape index (κ3) is 3.07. The van der Waals surface area contributed by atoms with E-state index in [1.165, 1.54) is 12.3 Å². The number of benzene rings is 1. The molecular formula is C12H11BrFN3O2S. The van der Waals surface area contributed by atoms with Crippen LogP contribution in [-0.4, -0.2) is 13.4 Å². The first-order chi connectivity index (χ1) is 9.29. The Morgan fingerprint density at radius 3 is 2.65 bits per heavy atom. The Balaban J connectivity index is 2.40. The molecule has 106 valence electrons. The Labute approximate surface area is 124 Å². The maximum atomic E-state index is 13.8. The first-order valence-electron chi connectivity index (χ1n) is 5.49. The molecule has 1 heterocycles. The molecule has 0 unspecified atom stereocenters. The normalized spacial score (nSPS) is 11.3. The molecule has 8 heteroatoms. The molecule has 20 heavy (non-hydrogen) atoms. The third-order valence-corrected chi connectivity index (χ3v) is 4.42. The number of nitrogens with zero attached hydrogens (tertiary/aromatic N) is 1. The standard InChI is InChI=1S/C12H11BrFN3O2S/c1-7-4-9(14)11(5-10(7)15)20(18,19)17-12-3-2-8(13)6-16-12/h2-6H,15H2,1H3,(H,16,17). The van der Waals surface area contributed by atoms with Gasteiger partial charge in [-0.2, -0.15) is 0 Å². The summed E-state index contributed by atoms with van der Waals surface area (Å²) in [6, 6.07) is 5.24. The van der Waals surface area contributed by atoms with Crippen LogP contribution in [-0.2, 0) is 10.0 Å². The fourth-order valence-corrected chi connectivity index (χ4v) is 2.84. The zero-order valence-corrected chi connectivity index (χ0v) is 12.8. The molecule has 0 spiro atoms. The number of halogens is 2. The van der Waals surface area contributed by atoms with Crippen LogP contribution in [0.15, 0.2) is 39.8 Å². The molecule has 1 aromatic carbocycles. The van der Waals surface area contributed by atoms with Gasteiger partial charge < -0.3 is 5.73 Å². The Morgan fingerprint density at radius 2 is 2.05 bits per heavy atom. The Morgan fingerprint density at radius 1 is 1.35 bits per heavy atom. The Kier molecular flexibility index (Phi) is 3.96.